The first-order valence-corrected chi connectivity index (χ1v) is 4.86. The Morgan fingerprint density at radius 3 is 2.94 bits per heavy atom. The average Bonchev–Trinajstić information content (AvgIpc) is 2.72. The molecule has 0 saturated carbocycles. The first-order chi connectivity index (χ1) is 7.74. The number of hydrogen-bond acceptors (Lipinski definition) is 6. The third-order valence-corrected chi connectivity index (χ3v) is 1.79. The molecule has 0 spiro atoms. The highest BCUT2D eigenvalue weighted by Gasteiger charge is 2.10. The van der Waals surface area contributed by atoms with Gasteiger partial charge >= 0.3 is 5.88 Å². The summed E-state index contributed by atoms with van der Waals surface area (Å²) in [7, 11) is 0. The fourth-order valence-electron chi connectivity index (χ4n) is 1.08. The molecular weight excluding hydrogens is 216 g/mol. The van der Waals surface area contributed by atoms with Gasteiger partial charge in [0, 0.05) is 6.54 Å². The number of hydrogen-bond donors (Lipinski definition) is 2. The minimum Gasteiger partial charge on any atom is -0.404 e. The van der Waals surface area contributed by atoms with Gasteiger partial charge in [-0.25, -0.2) is 0 Å². The molecule has 0 aromatic carbocycles. The molecule has 0 aliphatic carbocycles. The monoisotopic (exact) mass is 230 g/mol. The number of nitrogens with one attached hydrogen (secondary N) is 1. The lowest BCUT2D eigenvalue weighted by Crippen LogP contribution is -2.19. The fourth-order valence-corrected chi connectivity index (χ4v) is 1.08. The number of aliphatic hydroxyl groups is 1. The molecule has 0 saturated heterocycles. The van der Waals surface area contributed by atoms with Crippen LogP contribution in [0.15, 0.2) is 16.5 Å². The van der Waals surface area contributed by atoms with E-state index in [4.69, 9.17) is 14.3 Å². The van der Waals surface area contributed by atoms with Gasteiger partial charge in [0.15, 0.2) is 0 Å². The van der Waals surface area contributed by atoms with Gasteiger partial charge in [-0.1, -0.05) is 0 Å². The molecule has 0 amide bonds. The van der Waals surface area contributed by atoms with Crippen LogP contribution < -0.4 is 5.32 Å². The van der Waals surface area contributed by atoms with Gasteiger partial charge in [0.1, 0.15) is 10.7 Å². The van der Waals surface area contributed by atoms with Crippen molar-refractivity contribution in [2.24, 2.45) is 0 Å². The van der Waals surface area contributed by atoms with Crippen molar-refractivity contribution in [3.05, 3.63) is 28.0 Å². The lowest BCUT2D eigenvalue weighted by atomic mass is 10.4. The molecule has 1 rings (SSSR count). The van der Waals surface area contributed by atoms with Gasteiger partial charge in [0.25, 0.3) is 0 Å². The minimum absolute atomic E-state index is 0.00434. The first kappa shape index (κ1) is 12.6. The van der Waals surface area contributed by atoms with Gasteiger partial charge in [0.05, 0.1) is 32.4 Å². The van der Waals surface area contributed by atoms with Crippen LogP contribution in [0, 0.1) is 10.1 Å². The van der Waals surface area contributed by atoms with Crippen molar-refractivity contribution in [2.45, 2.75) is 6.54 Å². The molecule has 0 fully saturated rings. The normalized spacial score (nSPS) is 10.6. The Bertz CT molecular complexity index is 325. The molecule has 90 valence electrons. The van der Waals surface area contributed by atoms with Crippen LogP contribution in [0.1, 0.15) is 5.76 Å². The van der Waals surface area contributed by atoms with Gasteiger partial charge in [0.2, 0.25) is 0 Å². The highest BCUT2D eigenvalue weighted by molar-refractivity contribution is 5.17. The molecule has 1 heterocycles. The zero-order valence-corrected chi connectivity index (χ0v) is 8.72. The van der Waals surface area contributed by atoms with Crippen LogP contribution in [0.2, 0.25) is 0 Å². The quantitative estimate of drug-likeness (QED) is 0.378. The molecule has 0 aliphatic heterocycles. The van der Waals surface area contributed by atoms with Crippen molar-refractivity contribution in [1.29, 1.82) is 0 Å². The molecule has 2 N–H and O–H groups in total. The van der Waals surface area contributed by atoms with E-state index >= 15 is 0 Å². The summed E-state index contributed by atoms with van der Waals surface area (Å²) in [5.41, 5.74) is 0. The van der Waals surface area contributed by atoms with Crippen molar-refractivity contribution in [3.63, 3.8) is 0 Å². The summed E-state index contributed by atoms with van der Waals surface area (Å²) in [6, 6.07) is 2.87. The smallest absolute Gasteiger partial charge is 0.404 e. The van der Waals surface area contributed by atoms with Crippen LogP contribution in [-0.4, -0.2) is 36.4 Å². The van der Waals surface area contributed by atoms with Crippen LogP contribution in [-0.2, 0) is 11.3 Å². The molecule has 0 aliphatic rings. The summed E-state index contributed by atoms with van der Waals surface area (Å²) in [5, 5.41) is 21.7. The topological polar surface area (TPSA) is 97.8 Å². The highest BCUT2D eigenvalue weighted by atomic mass is 16.6. The molecule has 7 nitrogen and oxygen atoms in total. The Balaban J connectivity index is 2.14. The Labute approximate surface area is 92.2 Å². The Morgan fingerprint density at radius 2 is 2.31 bits per heavy atom. The van der Waals surface area contributed by atoms with E-state index in [1.807, 2.05) is 0 Å². The van der Waals surface area contributed by atoms with Crippen LogP contribution in [0.3, 0.4) is 0 Å². The van der Waals surface area contributed by atoms with E-state index < -0.39 is 4.92 Å². The molecule has 16 heavy (non-hydrogen) atoms. The third-order valence-electron chi connectivity index (χ3n) is 1.79. The van der Waals surface area contributed by atoms with Crippen molar-refractivity contribution in [2.75, 3.05) is 26.4 Å². The van der Waals surface area contributed by atoms with Gasteiger partial charge in [-0.15, -0.1) is 0 Å². The lowest BCUT2D eigenvalue weighted by Gasteiger charge is -2.02. The van der Waals surface area contributed by atoms with Crippen LogP contribution in [0.5, 0.6) is 0 Å². The molecule has 0 radical (unpaired) electrons. The molecule has 0 atom stereocenters. The maximum atomic E-state index is 10.3. The lowest BCUT2D eigenvalue weighted by molar-refractivity contribution is -0.402. The van der Waals surface area contributed by atoms with E-state index in [1.165, 1.54) is 6.07 Å². The second kappa shape index (κ2) is 6.94. The fraction of sp³-hybridized carbons (Fsp3) is 0.556. The van der Waals surface area contributed by atoms with Gasteiger partial charge in [-0.05, 0) is 6.07 Å². The Morgan fingerprint density at radius 1 is 1.50 bits per heavy atom. The van der Waals surface area contributed by atoms with E-state index in [-0.39, 0.29) is 12.5 Å². The van der Waals surface area contributed by atoms with Crippen molar-refractivity contribution in [3.8, 4) is 0 Å². The first-order valence-electron chi connectivity index (χ1n) is 4.86. The predicted molar refractivity (Wildman–Crippen MR) is 55.0 cm³/mol. The van der Waals surface area contributed by atoms with E-state index in [1.54, 1.807) is 6.07 Å². The van der Waals surface area contributed by atoms with Crippen molar-refractivity contribution < 1.29 is 19.2 Å². The van der Waals surface area contributed by atoms with E-state index in [0.29, 0.717) is 32.1 Å². The maximum absolute atomic E-state index is 10.3. The largest absolute Gasteiger partial charge is 0.433 e. The minimum atomic E-state index is -0.576. The SMILES string of the molecule is O=[N+]([O-])c1ccc(CNCCOCCO)o1. The van der Waals surface area contributed by atoms with Gasteiger partial charge < -0.3 is 19.6 Å². The molecule has 0 unspecified atom stereocenters. The van der Waals surface area contributed by atoms with Gasteiger partial charge in [-0.3, -0.25) is 10.1 Å². The number of nitrogens with zero attached hydrogens (tertiary/aromatic N) is 1. The van der Waals surface area contributed by atoms with E-state index in [9.17, 15) is 10.1 Å². The molecular formula is C9H14N2O5. The van der Waals surface area contributed by atoms with Gasteiger partial charge in [-0.2, -0.15) is 0 Å². The van der Waals surface area contributed by atoms with Crippen molar-refractivity contribution >= 4 is 5.88 Å². The number of ether oxygens (including phenoxy) is 1. The molecule has 1 aromatic heterocycles. The Kier molecular flexibility index (Phi) is 5.48. The molecule has 1 aromatic rings. The third kappa shape index (κ3) is 4.39. The van der Waals surface area contributed by atoms with E-state index in [2.05, 4.69) is 5.32 Å². The standard InChI is InChI=1S/C9H14N2O5/c12-4-6-15-5-3-10-7-8-1-2-9(16-8)11(13)14/h1-2,10,12H,3-7H2. The summed E-state index contributed by atoms with van der Waals surface area (Å²) in [5.74, 6) is 0.252. The summed E-state index contributed by atoms with van der Waals surface area (Å²) in [6.07, 6.45) is 0. The number of furan rings is 1. The average molecular weight is 230 g/mol. The number of rotatable bonds is 8. The number of nitro groups is 1. The zero-order valence-electron chi connectivity index (χ0n) is 8.72. The highest BCUT2D eigenvalue weighted by Crippen LogP contribution is 2.14. The number of aliphatic hydroxyl groups excluding tert-OH is 1. The second-order valence-electron chi connectivity index (χ2n) is 3.01. The second-order valence-corrected chi connectivity index (χ2v) is 3.01. The summed E-state index contributed by atoms with van der Waals surface area (Å²) >= 11 is 0. The zero-order chi connectivity index (χ0) is 11.8. The summed E-state index contributed by atoms with van der Waals surface area (Å²) in [4.78, 5) is 9.73. The predicted octanol–water partition coefficient (Wildman–Crippen LogP) is 0.286. The summed E-state index contributed by atoms with van der Waals surface area (Å²) < 4.78 is 9.94. The Hall–Kier alpha value is -1.44. The molecule has 7 heteroatoms. The van der Waals surface area contributed by atoms with Crippen LogP contribution in [0.4, 0.5) is 5.88 Å². The van der Waals surface area contributed by atoms with E-state index in [0.717, 1.165) is 0 Å². The molecule has 0 bridgehead atoms. The van der Waals surface area contributed by atoms with Crippen LogP contribution >= 0.6 is 0 Å². The maximum Gasteiger partial charge on any atom is 0.433 e. The van der Waals surface area contributed by atoms with Crippen LogP contribution in [0.25, 0.3) is 0 Å². The summed E-state index contributed by atoms with van der Waals surface area (Å²) in [6.45, 7) is 1.80. The van der Waals surface area contributed by atoms with Crippen molar-refractivity contribution in [1.82, 2.24) is 5.32 Å².